The average Bonchev–Trinajstić information content (AvgIpc) is 2.91. The van der Waals surface area contributed by atoms with E-state index in [4.69, 9.17) is 4.74 Å². The Morgan fingerprint density at radius 1 is 0.962 bits per heavy atom. The molecule has 0 aliphatic heterocycles. The molecule has 1 aromatic heterocycles. The zero-order valence-corrected chi connectivity index (χ0v) is 19.6. The molecule has 0 spiro atoms. The van der Waals surface area contributed by atoms with E-state index in [1.165, 1.54) is 9.38 Å². The molecule has 0 saturated heterocycles. The molecule has 2 aromatic rings. The Balaban J connectivity index is 2.37. The Labute approximate surface area is 164 Å². The van der Waals surface area contributed by atoms with Crippen LogP contribution in [0.5, 0.6) is 11.5 Å². The average molecular weight is 391 g/mol. The minimum absolute atomic E-state index is 0.138. The smallest absolute Gasteiger partial charge is 0.136 e. The summed E-state index contributed by atoms with van der Waals surface area (Å²) in [4.78, 5) is 1.36. The van der Waals surface area contributed by atoms with Crippen LogP contribution in [0.15, 0.2) is 24.3 Å². The number of hydrogen-bond donors (Lipinski definition) is 1. The molecule has 0 aliphatic carbocycles. The number of thiophene rings is 1. The first-order chi connectivity index (χ1) is 11.7. The third-order valence-corrected chi connectivity index (χ3v) is 9.85. The molecule has 0 atom stereocenters. The standard InChI is InChI=1S/C22H34O2SSi/c1-15-10-11-19(25-15)26(8,9)14-24-16-12-17(21(2,3)4)20(23)18(13-16)22(5,6)7/h10-13,23H,14H2,1-9H3. The molecule has 0 amide bonds. The van der Waals surface area contributed by atoms with Crippen molar-refractivity contribution in [2.75, 3.05) is 6.23 Å². The van der Waals surface area contributed by atoms with Gasteiger partial charge >= 0.3 is 0 Å². The van der Waals surface area contributed by atoms with Crippen LogP contribution in [0.3, 0.4) is 0 Å². The molecule has 26 heavy (non-hydrogen) atoms. The van der Waals surface area contributed by atoms with Crippen LogP contribution in [0.4, 0.5) is 0 Å². The summed E-state index contributed by atoms with van der Waals surface area (Å²) in [6.45, 7) is 19.6. The van der Waals surface area contributed by atoms with Gasteiger partial charge in [0.1, 0.15) is 19.6 Å². The largest absolute Gasteiger partial charge is 0.507 e. The van der Waals surface area contributed by atoms with Crippen LogP contribution in [0.1, 0.15) is 57.5 Å². The number of rotatable bonds is 4. The molecule has 0 bridgehead atoms. The Hall–Kier alpha value is -1.26. The topological polar surface area (TPSA) is 29.5 Å². The summed E-state index contributed by atoms with van der Waals surface area (Å²) in [6, 6.07) is 8.50. The van der Waals surface area contributed by atoms with Crippen molar-refractivity contribution in [2.45, 2.75) is 72.4 Å². The molecule has 1 N–H and O–H groups in total. The van der Waals surface area contributed by atoms with Crippen molar-refractivity contribution < 1.29 is 9.84 Å². The summed E-state index contributed by atoms with van der Waals surface area (Å²) in [5.74, 6) is 1.27. The van der Waals surface area contributed by atoms with Gasteiger partial charge in [-0.05, 0) is 40.5 Å². The summed E-state index contributed by atoms with van der Waals surface area (Å²) < 4.78 is 7.79. The number of aromatic hydroxyl groups is 1. The van der Waals surface area contributed by atoms with Crippen molar-refractivity contribution in [3.8, 4) is 11.5 Å². The molecule has 0 radical (unpaired) electrons. The van der Waals surface area contributed by atoms with Gasteiger partial charge in [-0.1, -0.05) is 60.7 Å². The molecule has 0 fully saturated rings. The fourth-order valence-electron chi connectivity index (χ4n) is 2.97. The molecular weight excluding hydrogens is 356 g/mol. The normalized spacial score (nSPS) is 13.1. The van der Waals surface area contributed by atoms with Crippen LogP contribution in [0.25, 0.3) is 0 Å². The second-order valence-corrected chi connectivity index (χ2v) is 16.2. The van der Waals surface area contributed by atoms with E-state index in [1.807, 2.05) is 23.5 Å². The highest BCUT2D eigenvalue weighted by Crippen LogP contribution is 2.41. The van der Waals surface area contributed by atoms with Crippen molar-refractivity contribution in [3.05, 3.63) is 40.3 Å². The Morgan fingerprint density at radius 2 is 1.46 bits per heavy atom. The van der Waals surface area contributed by atoms with E-state index < -0.39 is 8.07 Å². The van der Waals surface area contributed by atoms with E-state index in [1.54, 1.807) is 0 Å². The van der Waals surface area contributed by atoms with Crippen molar-refractivity contribution in [1.82, 2.24) is 0 Å². The highest BCUT2D eigenvalue weighted by Gasteiger charge is 2.29. The molecule has 0 unspecified atom stereocenters. The van der Waals surface area contributed by atoms with Crippen molar-refractivity contribution >= 4 is 23.9 Å². The van der Waals surface area contributed by atoms with Crippen LogP contribution in [0, 0.1) is 6.92 Å². The molecule has 4 heteroatoms. The first-order valence-electron chi connectivity index (χ1n) is 9.29. The summed E-state index contributed by atoms with van der Waals surface area (Å²) in [7, 11) is -1.65. The lowest BCUT2D eigenvalue weighted by atomic mass is 9.79. The first kappa shape index (κ1) is 21.0. The van der Waals surface area contributed by atoms with Gasteiger partial charge in [0, 0.05) is 16.0 Å². The van der Waals surface area contributed by atoms with Crippen LogP contribution >= 0.6 is 11.3 Å². The van der Waals surface area contributed by atoms with Gasteiger partial charge in [-0.25, -0.2) is 0 Å². The highest BCUT2D eigenvalue weighted by molar-refractivity contribution is 7.26. The zero-order valence-electron chi connectivity index (χ0n) is 17.8. The van der Waals surface area contributed by atoms with Gasteiger partial charge in [-0.3, -0.25) is 0 Å². The van der Waals surface area contributed by atoms with E-state index in [0.29, 0.717) is 5.75 Å². The lowest BCUT2D eigenvalue weighted by Gasteiger charge is -2.29. The number of benzene rings is 1. The van der Waals surface area contributed by atoms with Gasteiger partial charge in [0.15, 0.2) is 0 Å². The maximum atomic E-state index is 10.8. The number of phenolic OH excluding ortho intramolecular Hbond substituents is 1. The van der Waals surface area contributed by atoms with Gasteiger partial charge in [-0.15, -0.1) is 0 Å². The van der Waals surface area contributed by atoms with E-state index >= 15 is 0 Å². The Bertz CT molecular complexity index is 741. The molecule has 2 nitrogen and oxygen atoms in total. The lowest BCUT2D eigenvalue weighted by molar-refractivity contribution is 0.369. The summed E-state index contributed by atoms with van der Waals surface area (Å²) >= 11 is 1.89. The van der Waals surface area contributed by atoms with E-state index in [9.17, 15) is 5.11 Å². The lowest BCUT2D eigenvalue weighted by Crippen LogP contribution is -2.45. The second kappa shape index (κ2) is 7.04. The maximum Gasteiger partial charge on any atom is 0.136 e. The predicted octanol–water partition coefficient (Wildman–Crippen LogP) is 5.89. The number of phenols is 1. The molecule has 2 rings (SSSR count). The van der Waals surface area contributed by atoms with Crippen molar-refractivity contribution in [3.63, 3.8) is 0 Å². The molecule has 144 valence electrons. The maximum absolute atomic E-state index is 10.8. The van der Waals surface area contributed by atoms with Crippen molar-refractivity contribution in [1.29, 1.82) is 0 Å². The molecule has 0 saturated carbocycles. The molecule has 1 heterocycles. The van der Waals surface area contributed by atoms with Crippen LogP contribution in [-0.4, -0.2) is 19.4 Å². The zero-order chi connectivity index (χ0) is 19.9. The van der Waals surface area contributed by atoms with Gasteiger partial charge in [-0.2, -0.15) is 11.3 Å². The fraction of sp³-hybridized carbons (Fsp3) is 0.545. The van der Waals surface area contributed by atoms with Gasteiger partial charge in [0.05, 0.1) is 6.23 Å². The second-order valence-electron chi connectivity index (χ2n) is 9.95. The molecule has 1 aromatic carbocycles. The predicted molar refractivity (Wildman–Crippen MR) is 117 cm³/mol. The summed E-state index contributed by atoms with van der Waals surface area (Å²) in [5.41, 5.74) is 1.63. The van der Waals surface area contributed by atoms with Gasteiger partial charge in [0.2, 0.25) is 0 Å². The monoisotopic (exact) mass is 390 g/mol. The summed E-state index contributed by atoms with van der Waals surface area (Å²) in [5, 5.41) is 10.8. The van der Waals surface area contributed by atoms with E-state index in [0.717, 1.165) is 23.1 Å². The highest BCUT2D eigenvalue weighted by atomic mass is 32.1. The van der Waals surface area contributed by atoms with E-state index in [2.05, 4.69) is 73.7 Å². The quantitative estimate of drug-likeness (QED) is 0.659. The fourth-order valence-corrected chi connectivity index (χ4v) is 6.56. The van der Waals surface area contributed by atoms with Crippen molar-refractivity contribution in [2.24, 2.45) is 0 Å². The minimum atomic E-state index is -1.65. The Kier molecular flexibility index (Phi) is 5.70. The minimum Gasteiger partial charge on any atom is -0.507 e. The SMILES string of the molecule is Cc1ccc([Si](C)(C)COc2cc(C(C)(C)C)c(O)c(C(C)(C)C)c2)s1. The van der Waals surface area contributed by atoms with Crippen LogP contribution in [0.2, 0.25) is 13.1 Å². The first-order valence-corrected chi connectivity index (χ1v) is 13.3. The molecule has 0 aliphatic rings. The Morgan fingerprint density at radius 3 is 1.85 bits per heavy atom. The van der Waals surface area contributed by atoms with Crippen LogP contribution in [-0.2, 0) is 10.8 Å². The summed E-state index contributed by atoms with van der Waals surface area (Å²) in [6.07, 6.45) is 0.741. The number of hydrogen-bond acceptors (Lipinski definition) is 3. The van der Waals surface area contributed by atoms with Gasteiger partial charge < -0.3 is 9.84 Å². The number of ether oxygens (including phenoxy) is 1. The van der Waals surface area contributed by atoms with Crippen LogP contribution < -0.4 is 9.24 Å². The van der Waals surface area contributed by atoms with Gasteiger partial charge in [0.25, 0.3) is 0 Å². The van der Waals surface area contributed by atoms with E-state index in [-0.39, 0.29) is 10.8 Å². The third-order valence-electron chi connectivity index (χ3n) is 4.71. The third kappa shape index (κ3) is 4.71. The molecular formula is C22H34O2SSi. The number of aryl methyl sites for hydroxylation is 1.